The predicted octanol–water partition coefficient (Wildman–Crippen LogP) is 6.61. The van der Waals surface area contributed by atoms with Gasteiger partial charge in [-0.05, 0) is 49.1 Å². The van der Waals surface area contributed by atoms with Gasteiger partial charge in [-0.3, -0.25) is 4.79 Å². The van der Waals surface area contributed by atoms with Crippen LogP contribution >= 0.6 is 0 Å². The third-order valence-electron chi connectivity index (χ3n) is 8.61. The average molecular weight is 479 g/mol. The molecule has 3 fully saturated rings. The highest BCUT2D eigenvalue weighted by Crippen LogP contribution is 2.50. The lowest BCUT2D eigenvalue weighted by atomic mass is 9.75. The number of nitrogens with zero attached hydrogens (tertiary/aromatic N) is 1. The zero-order valence-electron chi connectivity index (χ0n) is 21.3. The van der Waals surface area contributed by atoms with Crippen LogP contribution in [0.3, 0.4) is 0 Å². The fourth-order valence-corrected chi connectivity index (χ4v) is 6.77. The van der Waals surface area contributed by atoms with E-state index in [1.54, 1.807) is 6.26 Å². The number of aryl methyl sites for hydroxylation is 1. The number of ether oxygens (including phenoxy) is 1. The number of benzene rings is 1. The molecule has 1 aromatic heterocycles. The van der Waals surface area contributed by atoms with E-state index in [2.05, 4.69) is 41.5 Å². The van der Waals surface area contributed by atoms with Crippen molar-refractivity contribution in [1.29, 1.82) is 0 Å². The summed E-state index contributed by atoms with van der Waals surface area (Å²) in [5, 5.41) is 3.05. The SMILES string of the molecule is CCCc1ccccc1C[C@@H]1[C@H](c2nc(C(=O)NCCCCC3CCCCC3)co2)[C@H]2CC[C@@H]1O2. The molecule has 4 atom stereocenters. The molecule has 2 aliphatic heterocycles. The first-order valence-corrected chi connectivity index (χ1v) is 14.2. The lowest BCUT2D eigenvalue weighted by Gasteiger charge is -2.26. The minimum atomic E-state index is -0.119. The standard InChI is InChI=1S/C30H42N2O3/c1-2-10-22-14-6-7-15-23(22)19-24-26-16-17-27(35-26)28(24)30-32-25(20-34-30)29(33)31-18-9-8-13-21-11-4-3-5-12-21/h6-7,14-15,20-21,24,26-28H,2-5,8-13,16-19H2,1H3,(H,31,33)/t24-,26-,27+,28-/m0/s1. The number of carbonyl (C=O) groups excluding carboxylic acids is 1. The maximum Gasteiger partial charge on any atom is 0.273 e. The molecule has 0 radical (unpaired) electrons. The summed E-state index contributed by atoms with van der Waals surface area (Å²) in [5.41, 5.74) is 3.26. The second-order valence-electron chi connectivity index (χ2n) is 11.0. The summed E-state index contributed by atoms with van der Waals surface area (Å²) in [6.45, 7) is 2.94. The Hall–Kier alpha value is -2.14. The fraction of sp³-hybridized carbons (Fsp3) is 0.667. The quantitative estimate of drug-likeness (QED) is 0.369. The normalized spacial score (nSPS) is 26.3. The maximum absolute atomic E-state index is 12.7. The molecule has 1 amide bonds. The number of carbonyl (C=O) groups is 1. The lowest BCUT2D eigenvalue weighted by Crippen LogP contribution is -2.28. The van der Waals surface area contributed by atoms with Gasteiger partial charge in [0.1, 0.15) is 6.26 Å². The fourth-order valence-electron chi connectivity index (χ4n) is 6.77. The van der Waals surface area contributed by atoms with E-state index in [1.807, 2.05) is 0 Å². The van der Waals surface area contributed by atoms with Crippen LogP contribution in [0, 0.1) is 11.8 Å². The Morgan fingerprint density at radius 3 is 2.66 bits per heavy atom. The molecule has 2 aromatic rings. The van der Waals surface area contributed by atoms with E-state index in [0.29, 0.717) is 24.0 Å². The summed E-state index contributed by atoms with van der Waals surface area (Å²) in [6, 6.07) is 8.79. The summed E-state index contributed by atoms with van der Waals surface area (Å²) in [6.07, 6.45) is 17.9. The number of unbranched alkanes of at least 4 members (excludes halogenated alkanes) is 1. The number of nitrogens with one attached hydrogen (secondary N) is 1. The molecule has 190 valence electrons. The largest absolute Gasteiger partial charge is 0.448 e. The van der Waals surface area contributed by atoms with Gasteiger partial charge in [-0.15, -0.1) is 0 Å². The van der Waals surface area contributed by atoms with Crippen LogP contribution in [0.4, 0.5) is 0 Å². The Bertz CT molecular complexity index is 964. The van der Waals surface area contributed by atoms with Gasteiger partial charge in [0, 0.05) is 12.5 Å². The Morgan fingerprint density at radius 1 is 1.03 bits per heavy atom. The van der Waals surface area contributed by atoms with Gasteiger partial charge in [-0.2, -0.15) is 0 Å². The van der Waals surface area contributed by atoms with E-state index in [9.17, 15) is 4.79 Å². The second-order valence-corrected chi connectivity index (χ2v) is 11.0. The summed E-state index contributed by atoms with van der Waals surface area (Å²) >= 11 is 0. The first kappa shape index (κ1) is 24.5. The van der Waals surface area contributed by atoms with Crippen molar-refractivity contribution in [2.24, 2.45) is 11.8 Å². The van der Waals surface area contributed by atoms with Gasteiger partial charge >= 0.3 is 0 Å². The molecule has 1 N–H and O–H groups in total. The molecule has 5 rings (SSSR count). The predicted molar refractivity (Wildman–Crippen MR) is 138 cm³/mol. The number of rotatable bonds is 11. The minimum Gasteiger partial charge on any atom is -0.448 e. The van der Waals surface area contributed by atoms with Crippen molar-refractivity contribution in [3.05, 3.63) is 53.2 Å². The number of aromatic nitrogens is 1. The third kappa shape index (κ3) is 5.82. The Kier molecular flexibility index (Phi) is 8.23. The molecule has 0 spiro atoms. The third-order valence-corrected chi connectivity index (χ3v) is 8.61. The molecule has 5 heteroatoms. The van der Waals surface area contributed by atoms with Crippen molar-refractivity contribution in [1.82, 2.24) is 10.3 Å². The minimum absolute atomic E-state index is 0.119. The molecule has 5 nitrogen and oxygen atoms in total. The molecule has 3 aliphatic rings. The van der Waals surface area contributed by atoms with Crippen molar-refractivity contribution in [2.45, 2.75) is 109 Å². The monoisotopic (exact) mass is 478 g/mol. The van der Waals surface area contributed by atoms with Gasteiger partial charge in [-0.1, -0.05) is 82.6 Å². The molecule has 2 saturated heterocycles. The van der Waals surface area contributed by atoms with E-state index >= 15 is 0 Å². The molecule has 1 aliphatic carbocycles. The second kappa shape index (κ2) is 11.7. The van der Waals surface area contributed by atoms with Crippen LogP contribution in [0.2, 0.25) is 0 Å². The zero-order valence-corrected chi connectivity index (χ0v) is 21.3. The summed E-state index contributed by atoms with van der Waals surface area (Å²) < 4.78 is 12.3. The van der Waals surface area contributed by atoms with Crippen molar-refractivity contribution in [3.8, 4) is 0 Å². The van der Waals surface area contributed by atoms with E-state index in [0.717, 1.165) is 44.4 Å². The van der Waals surface area contributed by atoms with Gasteiger partial charge < -0.3 is 14.5 Å². The van der Waals surface area contributed by atoms with Crippen LogP contribution in [0.1, 0.15) is 111 Å². The lowest BCUT2D eigenvalue weighted by molar-refractivity contribution is 0.0897. The molecular formula is C30H42N2O3. The Balaban J connectivity index is 1.16. The summed E-state index contributed by atoms with van der Waals surface area (Å²) in [4.78, 5) is 17.4. The van der Waals surface area contributed by atoms with E-state index < -0.39 is 0 Å². The van der Waals surface area contributed by atoms with Crippen LogP contribution in [0.25, 0.3) is 0 Å². The van der Waals surface area contributed by atoms with Gasteiger partial charge in [0.2, 0.25) is 5.89 Å². The molecule has 1 saturated carbocycles. The first-order chi connectivity index (χ1) is 17.2. The Morgan fingerprint density at radius 2 is 1.83 bits per heavy atom. The summed E-state index contributed by atoms with van der Waals surface area (Å²) in [5.74, 6) is 1.94. The highest BCUT2D eigenvalue weighted by Gasteiger charge is 2.51. The van der Waals surface area contributed by atoms with Crippen molar-refractivity contribution in [2.75, 3.05) is 6.54 Å². The van der Waals surface area contributed by atoms with E-state index in [4.69, 9.17) is 9.15 Å². The average Bonchev–Trinajstić information content (AvgIpc) is 3.63. The van der Waals surface area contributed by atoms with Gasteiger partial charge in [0.05, 0.1) is 18.1 Å². The van der Waals surface area contributed by atoms with Gasteiger partial charge in [0.15, 0.2) is 5.69 Å². The Labute approximate surface area is 210 Å². The number of oxazole rings is 1. The molecule has 2 bridgehead atoms. The van der Waals surface area contributed by atoms with E-state index in [1.165, 1.54) is 56.1 Å². The number of hydrogen-bond acceptors (Lipinski definition) is 4. The highest BCUT2D eigenvalue weighted by atomic mass is 16.5. The van der Waals surface area contributed by atoms with Crippen LogP contribution in [-0.4, -0.2) is 29.6 Å². The van der Waals surface area contributed by atoms with Crippen LogP contribution in [-0.2, 0) is 17.6 Å². The van der Waals surface area contributed by atoms with E-state index in [-0.39, 0.29) is 24.0 Å². The van der Waals surface area contributed by atoms with Crippen molar-refractivity contribution in [3.63, 3.8) is 0 Å². The smallest absolute Gasteiger partial charge is 0.273 e. The molecule has 35 heavy (non-hydrogen) atoms. The maximum atomic E-state index is 12.7. The van der Waals surface area contributed by atoms with Crippen LogP contribution < -0.4 is 5.32 Å². The number of hydrogen-bond donors (Lipinski definition) is 1. The molecule has 0 unspecified atom stereocenters. The molecule has 3 heterocycles. The molecule has 1 aromatic carbocycles. The van der Waals surface area contributed by atoms with Crippen molar-refractivity contribution < 1.29 is 13.9 Å². The highest BCUT2D eigenvalue weighted by molar-refractivity contribution is 5.91. The summed E-state index contributed by atoms with van der Waals surface area (Å²) in [7, 11) is 0. The van der Waals surface area contributed by atoms with Crippen LogP contribution in [0.5, 0.6) is 0 Å². The first-order valence-electron chi connectivity index (χ1n) is 14.2. The zero-order chi connectivity index (χ0) is 24.0. The number of fused-ring (bicyclic) bond motifs is 2. The topological polar surface area (TPSA) is 64.4 Å². The number of amides is 1. The van der Waals surface area contributed by atoms with Crippen LogP contribution in [0.15, 0.2) is 34.9 Å². The van der Waals surface area contributed by atoms with Gasteiger partial charge in [0.25, 0.3) is 5.91 Å². The van der Waals surface area contributed by atoms with Gasteiger partial charge in [-0.25, -0.2) is 4.98 Å². The van der Waals surface area contributed by atoms with Crippen molar-refractivity contribution >= 4 is 5.91 Å². The molecular weight excluding hydrogens is 436 g/mol.